The fraction of sp³-hybridized carbons (Fsp3) is 0.318. The Hall–Kier alpha value is -2.93. The molecule has 29 heavy (non-hydrogen) atoms. The summed E-state index contributed by atoms with van der Waals surface area (Å²) in [5, 5.41) is 5.80. The second kappa shape index (κ2) is 10.0. The summed E-state index contributed by atoms with van der Waals surface area (Å²) >= 11 is 5.26. The van der Waals surface area contributed by atoms with Gasteiger partial charge in [0, 0.05) is 29.9 Å². The van der Waals surface area contributed by atoms with Crippen molar-refractivity contribution in [2.24, 2.45) is 0 Å². The van der Waals surface area contributed by atoms with Crippen molar-refractivity contribution in [1.29, 1.82) is 0 Å². The molecule has 1 aliphatic rings. The van der Waals surface area contributed by atoms with Gasteiger partial charge in [-0.15, -0.1) is 0 Å². The van der Waals surface area contributed by atoms with Gasteiger partial charge >= 0.3 is 0 Å². The molecule has 0 unspecified atom stereocenters. The summed E-state index contributed by atoms with van der Waals surface area (Å²) in [6.45, 7) is 4.21. The molecule has 2 amide bonds. The van der Waals surface area contributed by atoms with E-state index >= 15 is 0 Å². The van der Waals surface area contributed by atoms with Crippen LogP contribution in [0.5, 0.6) is 5.75 Å². The first-order valence-corrected chi connectivity index (χ1v) is 10.2. The van der Waals surface area contributed by atoms with Crippen LogP contribution in [0.2, 0.25) is 0 Å². The quantitative estimate of drug-likeness (QED) is 0.707. The van der Waals surface area contributed by atoms with Crippen molar-refractivity contribution >= 4 is 34.8 Å². The standard InChI is InChI=1S/C22H25N3O3S/c1-2-13-28-19-10-6-7-16(15-19)20(26)24-22(29)23-18-9-5-8-17(14-18)21(27)25-11-3-4-12-25/h5-10,14-15H,2-4,11-13H2,1H3,(H2,23,24,26,29). The Morgan fingerprint density at radius 1 is 1.07 bits per heavy atom. The number of hydrogen-bond donors (Lipinski definition) is 2. The van der Waals surface area contributed by atoms with E-state index in [1.54, 1.807) is 42.5 Å². The lowest BCUT2D eigenvalue weighted by molar-refractivity contribution is 0.0792. The van der Waals surface area contributed by atoms with E-state index in [-0.39, 0.29) is 16.9 Å². The first-order valence-electron chi connectivity index (χ1n) is 9.81. The number of nitrogens with zero attached hydrogens (tertiary/aromatic N) is 1. The van der Waals surface area contributed by atoms with E-state index in [1.165, 1.54) is 0 Å². The Kier molecular flexibility index (Phi) is 7.19. The molecule has 1 fully saturated rings. The molecule has 0 spiro atoms. The Bertz CT molecular complexity index is 894. The predicted molar refractivity (Wildman–Crippen MR) is 117 cm³/mol. The van der Waals surface area contributed by atoms with Crippen molar-refractivity contribution in [3.63, 3.8) is 0 Å². The Morgan fingerprint density at radius 2 is 1.79 bits per heavy atom. The zero-order valence-corrected chi connectivity index (χ0v) is 17.3. The Balaban J connectivity index is 1.60. The molecule has 1 heterocycles. The SMILES string of the molecule is CCCOc1cccc(C(=O)NC(=S)Nc2cccc(C(=O)N3CCCC3)c2)c1. The lowest BCUT2D eigenvalue weighted by Crippen LogP contribution is -2.34. The van der Waals surface area contributed by atoms with Crippen LogP contribution >= 0.6 is 12.2 Å². The summed E-state index contributed by atoms with van der Waals surface area (Å²) < 4.78 is 5.56. The van der Waals surface area contributed by atoms with Crippen LogP contribution in [0.4, 0.5) is 5.69 Å². The minimum Gasteiger partial charge on any atom is -0.494 e. The molecule has 0 saturated carbocycles. The molecule has 1 saturated heterocycles. The monoisotopic (exact) mass is 411 g/mol. The number of anilines is 1. The lowest BCUT2D eigenvalue weighted by Gasteiger charge is -2.16. The van der Waals surface area contributed by atoms with Crippen LogP contribution in [0.3, 0.4) is 0 Å². The van der Waals surface area contributed by atoms with E-state index in [0.717, 1.165) is 32.4 Å². The highest BCUT2D eigenvalue weighted by Crippen LogP contribution is 2.17. The van der Waals surface area contributed by atoms with Gasteiger partial charge in [0.05, 0.1) is 6.61 Å². The van der Waals surface area contributed by atoms with Gasteiger partial charge in [-0.3, -0.25) is 14.9 Å². The predicted octanol–water partition coefficient (Wildman–Crippen LogP) is 3.84. The summed E-state index contributed by atoms with van der Waals surface area (Å²) in [5.41, 5.74) is 1.72. The number of benzene rings is 2. The van der Waals surface area contributed by atoms with Crippen molar-refractivity contribution < 1.29 is 14.3 Å². The van der Waals surface area contributed by atoms with Crippen LogP contribution in [-0.2, 0) is 0 Å². The van der Waals surface area contributed by atoms with Gasteiger partial charge in [-0.25, -0.2) is 0 Å². The summed E-state index contributed by atoms with van der Waals surface area (Å²) in [4.78, 5) is 26.9. The summed E-state index contributed by atoms with van der Waals surface area (Å²) in [6.07, 6.45) is 2.98. The first kappa shape index (κ1) is 20.8. The molecule has 6 nitrogen and oxygen atoms in total. The Labute approximate surface area is 176 Å². The number of ether oxygens (including phenoxy) is 1. The van der Waals surface area contributed by atoms with Crippen LogP contribution in [0.25, 0.3) is 0 Å². The normalized spacial score (nSPS) is 13.1. The molecular weight excluding hydrogens is 386 g/mol. The largest absolute Gasteiger partial charge is 0.494 e. The number of carbonyl (C=O) groups is 2. The molecular formula is C22H25N3O3S. The second-order valence-electron chi connectivity index (χ2n) is 6.86. The summed E-state index contributed by atoms with van der Waals surface area (Å²) in [7, 11) is 0. The maximum atomic E-state index is 12.5. The maximum absolute atomic E-state index is 12.5. The zero-order chi connectivity index (χ0) is 20.6. The number of carbonyl (C=O) groups excluding carboxylic acids is 2. The maximum Gasteiger partial charge on any atom is 0.257 e. The molecule has 0 aliphatic carbocycles. The smallest absolute Gasteiger partial charge is 0.257 e. The summed E-state index contributed by atoms with van der Waals surface area (Å²) in [6, 6.07) is 14.1. The van der Waals surface area contributed by atoms with Crippen LogP contribution in [0.15, 0.2) is 48.5 Å². The topological polar surface area (TPSA) is 70.7 Å². The lowest BCUT2D eigenvalue weighted by atomic mass is 10.1. The van der Waals surface area contributed by atoms with Crippen LogP contribution < -0.4 is 15.4 Å². The molecule has 3 rings (SSSR count). The van der Waals surface area contributed by atoms with Crippen molar-refractivity contribution in [3.05, 3.63) is 59.7 Å². The second-order valence-corrected chi connectivity index (χ2v) is 7.27. The van der Waals surface area contributed by atoms with Crippen molar-refractivity contribution in [3.8, 4) is 5.75 Å². The fourth-order valence-corrected chi connectivity index (χ4v) is 3.33. The number of nitrogens with one attached hydrogen (secondary N) is 2. The van der Waals surface area contributed by atoms with Gasteiger partial charge in [0.25, 0.3) is 11.8 Å². The number of amides is 2. The number of likely N-dealkylation sites (tertiary alicyclic amines) is 1. The van der Waals surface area contributed by atoms with Crippen LogP contribution in [0.1, 0.15) is 46.9 Å². The van der Waals surface area contributed by atoms with Crippen LogP contribution in [-0.4, -0.2) is 41.5 Å². The zero-order valence-electron chi connectivity index (χ0n) is 16.4. The third-order valence-corrected chi connectivity index (χ3v) is 4.76. The van der Waals surface area contributed by atoms with E-state index < -0.39 is 0 Å². The minimum atomic E-state index is -0.325. The van der Waals surface area contributed by atoms with Gasteiger partial charge in [0.15, 0.2) is 5.11 Å². The van der Waals surface area contributed by atoms with Gasteiger partial charge in [0.2, 0.25) is 0 Å². The third kappa shape index (κ3) is 5.77. The highest BCUT2D eigenvalue weighted by molar-refractivity contribution is 7.80. The van der Waals surface area contributed by atoms with Gasteiger partial charge in [-0.1, -0.05) is 19.1 Å². The van der Waals surface area contributed by atoms with E-state index in [1.807, 2.05) is 17.9 Å². The van der Waals surface area contributed by atoms with Crippen molar-refractivity contribution in [2.45, 2.75) is 26.2 Å². The van der Waals surface area contributed by atoms with E-state index in [0.29, 0.717) is 29.2 Å². The van der Waals surface area contributed by atoms with Gasteiger partial charge in [0.1, 0.15) is 5.75 Å². The average molecular weight is 412 g/mol. The molecule has 2 aromatic carbocycles. The molecule has 0 radical (unpaired) electrons. The summed E-state index contributed by atoms with van der Waals surface area (Å²) in [5.74, 6) is 0.338. The molecule has 0 atom stereocenters. The van der Waals surface area contributed by atoms with Gasteiger partial charge in [-0.05, 0) is 67.9 Å². The average Bonchev–Trinajstić information content (AvgIpc) is 3.27. The van der Waals surface area contributed by atoms with E-state index in [9.17, 15) is 9.59 Å². The number of thiocarbonyl (C=S) groups is 1. The number of rotatable bonds is 6. The molecule has 0 bridgehead atoms. The van der Waals surface area contributed by atoms with Crippen LogP contribution in [0, 0.1) is 0 Å². The minimum absolute atomic E-state index is 0.0185. The molecule has 7 heteroatoms. The van der Waals surface area contributed by atoms with Gasteiger partial charge < -0.3 is 15.0 Å². The van der Waals surface area contributed by atoms with Crippen molar-refractivity contribution in [2.75, 3.05) is 25.0 Å². The highest BCUT2D eigenvalue weighted by atomic mass is 32.1. The number of hydrogen-bond acceptors (Lipinski definition) is 4. The molecule has 2 N–H and O–H groups in total. The van der Waals surface area contributed by atoms with Gasteiger partial charge in [-0.2, -0.15) is 0 Å². The molecule has 152 valence electrons. The van der Waals surface area contributed by atoms with E-state index in [2.05, 4.69) is 10.6 Å². The van der Waals surface area contributed by atoms with Crippen molar-refractivity contribution in [1.82, 2.24) is 10.2 Å². The van der Waals surface area contributed by atoms with E-state index in [4.69, 9.17) is 17.0 Å². The third-order valence-electron chi connectivity index (χ3n) is 4.56. The highest BCUT2D eigenvalue weighted by Gasteiger charge is 2.19. The molecule has 1 aliphatic heterocycles. The Morgan fingerprint density at radius 3 is 2.55 bits per heavy atom. The molecule has 0 aromatic heterocycles. The first-order chi connectivity index (χ1) is 14.1. The molecule has 2 aromatic rings. The fourth-order valence-electron chi connectivity index (χ4n) is 3.12.